The van der Waals surface area contributed by atoms with E-state index in [0.717, 1.165) is 23.4 Å². The summed E-state index contributed by atoms with van der Waals surface area (Å²) >= 11 is 0. The molecule has 0 bridgehead atoms. The summed E-state index contributed by atoms with van der Waals surface area (Å²) in [4.78, 5) is 4.26. The first-order valence-electron chi connectivity index (χ1n) is 9.26. The van der Waals surface area contributed by atoms with Crippen LogP contribution in [0.15, 0.2) is 29.3 Å². The van der Waals surface area contributed by atoms with Crippen LogP contribution in [0.3, 0.4) is 0 Å². The number of nitrogens with one attached hydrogen (secondary N) is 2. The number of guanidine groups is 1. The summed E-state index contributed by atoms with van der Waals surface area (Å²) in [5, 5.41) is 11.1. The molecule has 0 saturated heterocycles. The van der Waals surface area contributed by atoms with Crippen molar-refractivity contribution < 1.29 is 13.5 Å². The molecular weight excluding hydrogens is 491 g/mol. The van der Waals surface area contributed by atoms with Crippen LogP contribution in [0.4, 0.5) is 8.78 Å². The standard InChI is InChI=1S/C20H29F2N5O.HI/c1-13(9-18-14(2)26-27(5)15(18)3)25-20(23-4)24-11-16-7-6-8-17(10-16)28-12-19(21)22;/h6-8,10,13,19H,9,11-12H2,1-5H3,(H2,23,24,25);1H. The summed E-state index contributed by atoms with van der Waals surface area (Å²) in [6, 6.07) is 7.26. The lowest BCUT2D eigenvalue weighted by molar-refractivity contribution is 0.0818. The quantitative estimate of drug-likeness (QED) is 0.317. The highest BCUT2D eigenvalue weighted by Gasteiger charge is 2.14. The molecule has 6 nitrogen and oxygen atoms in total. The van der Waals surface area contributed by atoms with Gasteiger partial charge >= 0.3 is 0 Å². The zero-order chi connectivity index (χ0) is 20.7. The summed E-state index contributed by atoms with van der Waals surface area (Å²) in [5.74, 6) is 1.10. The van der Waals surface area contributed by atoms with E-state index in [1.54, 1.807) is 25.2 Å². The van der Waals surface area contributed by atoms with Gasteiger partial charge in [-0.05, 0) is 50.5 Å². The number of hydrogen-bond donors (Lipinski definition) is 2. The summed E-state index contributed by atoms with van der Waals surface area (Å²) in [5.41, 5.74) is 4.36. The van der Waals surface area contributed by atoms with Crippen LogP contribution in [0, 0.1) is 13.8 Å². The summed E-state index contributed by atoms with van der Waals surface area (Å²) < 4.78 is 31.5. The van der Waals surface area contributed by atoms with Gasteiger partial charge in [0.15, 0.2) is 5.96 Å². The fraction of sp³-hybridized carbons (Fsp3) is 0.500. The largest absolute Gasteiger partial charge is 0.488 e. The van der Waals surface area contributed by atoms with Gasteiger partial charge in [0, 0.05) is 32.4 Å². The zero-order valence-corrected chi connectivity index (χ0v) is 19.8. The molecule has 0 fully saturated rings. The number of halogens is 3. The molecule has 29 heavy (non-hydrogen) atoms. The Morgan fingerprint density at radius 1 is 1.31 bits per heavy atom. The topological polar surface area (TPSA) is 63.5 Å². The average molecular weight is 521 g/mol. The molecule has 1 aromatic heterocycles. The normalized spacial score (nSPS) is 12.5. The molecule has 2 aromatic rings. The van der Waals surface area contributed by atoms with Crippen molar-refractivity contribution in [2.45, 2.75) is 46.2 Å². The summed E-state index contributed by atoms with van der Waals surface area (Å²) in [6.45, 7) is 6.08. The molecular formula is C20H30F2IN5O. The number of alkyl halides is 2. The van der Waals surface area contributed by atoms with Crippen molar-refractivity contribution in [3.8, 4) is 5.75 Å². The Morgan fingerprint density at radius 2 is 2.03 bits per heavy atom. The van der Waals surface area contributed by atoms with Crippen molar-refractivity contribution in [3.05, 3.63) is 46.8 Å². The lowest BCUT2D eigenvalue weighted by Gasteiger charge is -2.18. The predicted octanol–water partition coefficient (Wildman–Crippen LogP) is 3.60. The van der Waals surface area contributed by atoms with Crippen LogP contribution in [0.1, 0.15) is 29.4 Å². The number of rotatable bonds is 8. The monoisotopic (exact) mass is 521 g/mol. The van der Waals surface area contributed by atoms with Crippen molar-refractivity contribution in [2.75, 3.05) is 13.7 Å². The van der Waals surface area contributed by atoms with E-state index >= 15 is 0 Å². The van der Waals surface area contributed by atoms with Crippen LogP contribution in [0.5, 0.6) is 5.75 Å². The smallest absolute Gasteiger partial charge is 0.272 e. The molecule has 1 unspecified atom stereocenters. The highest BCUT2D eigenvalue weighted by molar-refractivity contribution is 14.0. The Balaban J connectivity index is 0.00000420. The molecule has 0 radical (unpaired) electrons. The molecule has 0 aliphatic heterocycles. The van der Waals surface area contributed by atoms with E-state index < -0.39 is 13.0 Å². The maximum Gasteiger partial charge on any atom is 0.272 e. The predicted molar refractivity (Wildman–Crippen MR) is 123 cm³/mol. The van der Waals surface area contributed by atoms with Crippen molar-refractivity contribution in [1.29, 1.82) is 0 Å². The van der Waals surface area contributed by atoms with Crippen molar-refractivity contribution in [1.82, 2.24) is 20.4 Å². The van der Waals surface area contributed by atoms with E-state index in [9.17, 15) is 8.78 Å². The first kappa shape index (κ1) is 25.1. The Hall–Kier alpha value is -1.91. The first-order chi connectivity index (χ1) is 13.3. The van der Waals surface area contributed by atoms with Crippen LogP contribution in [0.2, 0.25) is 0 Å². The number of aryl methyl sites for hydroxylation is 2. The highest BCUT2D eigenvalue weighted by Crippen LogP contribution is 2.15. The third kappa shape index (κ3) is 7.79. The van der Waals surface area contributed by atoms with Gasteiger partial charge in [0.1, 0.15) is 12.4 Å². The number of aliphatic imine (C=N–C) groups is 1. The molecule has 2 rings (SSSR count). The van der Waals surface area contributed by atoms with Crippen molar-refractivity contribution in [2.24, 2.45) is 12.0 Å². The number of ether oxygens (including phenoxy) is 1. The van der Waals surface area contributed by atoms with E-state index in [1.165, 1.54) is 5.56 Å². The van der Waals surface area contributed by atoms with Gasteiger partial charge in [-0.2, -0.15) is 5.10 Å². The third-order valence-corrected chi connectivity index (χ3v) is 4.51. The molecule has 162 valence electrons. The lowest BCUT2D eigenvalue weighted by atomic mass is 10.1. The number of benzene rings is 1. The van der Waals surface area contributed by atoms with Gasteiger partial charge in [-0.25, -0.2) is 8.78 Å². The van der Waals surface area contributed by atoms with Gasteiger partial charge in [-0.15, -0.1) is 24.0 Å². The maximum absolute atomic E-state index is 12.3. The zero-order valence-electron chi connectivity index (χ0n) is 17.5. The second-order valence-corrected chi connectivity index (χ2v) is 6.80. The third-order valence-electron chi connectivity index (χ3n) is 4.51. The van der Waals surface area contributed by atoms with Gasteiger partial charge in [0.05, 0.1) is 5.69 Å². The van der Waals surface area contributed by atoms with Gasteiger partial charge in [-0.1, -0.05) is 12.1 Å². The van der Waals surface area contributed by atoms with Crippen molar-refractivity contribution in [3.63, 3.8) is 0 Å². The fourth-order valence-corrected chi connectivity index (χ4v) is 2.99. The van der Waals surface area contributed by atoms with Crippen molar-refractivity contribution >= 4 is 29.9 Å². The maximum atomic E-state index is 12.3. The molecule has 0 aliphatic carbocycles. The van der Waals surface area contributed by atoms with Gasteiger partial charge in [0.2, 0.25) is 0 Å². The van der Waals surface area contributed by atoms with Crippen LogP contribution >= 0.6 is 24.0 Å². The minimum absolute atomic E-state index is 0. The number of nitrogens with zero attached hydrogens (tertiary/aromatic N) is 3. The number of hydrogen-bond acceptors (Lipinski definition) is 3. The molecule has 1 heterocycles. The second-order valence-electron chi connectivity index (χ2n) is 6.80. The van der Waals surface area contributed by atoms with E-state index in [1.807, 2.05) is 24.7 Å². The first-order valence-corrected chi connectivity index (χ1v) is 9.26. The fourth-order valence-electron chi connectivity index (χ4n) is 2.99. The molecule has 2 N–H and O–H groups in total. The van der Waals surface area contributed by atoms with E-state index in [0.29, 0.717) is 18.3 Å². The Kier molecular flexibility index (Phi) is 10.3. The van der Waals surface area contributed by atoms with Crippen LogP contribution in [0.25, 0.3) is 0 Å². The van der Waals surface area contributed by atoms with Crippen LogP contribution < -0.4 is 15.4 Å². The van der Waals surface area contributed by atoms with Crippen LogP contribution in [-0.4, -0.2) is 41.9 Å². The van der Waals surface area contributed by atoms with E-state index in [4.69, 9.17) is 4.74 Å². The molecule has 0 saturated carbocycles. The SMILES string of the molecule is CN=C(NCc1cccc(OCC(F)F)c1)NC(C)Cc1c(C)nn(C)c1C.I. The average Bonchev–Trinajstić information content (AvgIpc) is 2.89. The second kappa shape index (κ2) is 11.9. The van der Waals surface area contributed by atoms with E-state index in [-0.39, 0.29) is 30.0 Å². The lowest BCUT2D eigenvalue weighted by Crippen LogP contribution is -2.42. The Bertz CT molecular complexity index is 810. The molecule has 0 amide bonds. The van der Waals surface area contributed by atoms with Gasteiger partial charge < -0.3 is 15.4 Å². The molecule has 1 aromatic carbocycles. The van der Waals surface area contributed by atoms with Crippen LogP contribution in [-0.2, 0) is 20.0 Å². The Labute approximate surface area is 188 Å². The minimum atomic E-state index is -2.49. The molecule has 0 aliphatic rings. The van der Waals surface area contributed by atoms with Gasteiger partial charge in [-0.3, -0.25) is 9.67 Å². The molecule has 9 heteroatoms. The number of aromatic nitrogens is 2. The van der Waals surface area contributed by atoms with E-state index in [2.05, 4.69) is 34.6 Å². The summed E-state index contributed by atoms with van der Waals surface area (Å²) in [7, 11) is 3.66. The summed E-state index contributed by atoms with van der Waals surface area (Å²) in [6.07, 6.45) is -1.65. The Morgan fingerprint density at radius 3 is 2.62 bits per heavy atom. The minimum Gasteiger partial charge on any atom is -0.488 e. The van der Waals surface area contributed by atoms with Gasteiger partial charge in [0.25, 0.3) is 6.43 Å². The highest BCUT2D eigenvalue weighted by atomic mass is 127. The molecule has 1 atom stereocenters. The molecule has 0 spiro atoms.